The van der Waals surface area contributed by atoms with Crippen LogP contribution < -0.4 is 10.9 Å². The van der Waals surface area contributed by atoms with Gasteiger partial charge in [-0.25, -0.2) is 4.79 Å². The molecule has 0 aliphatic rings. The lowest BCUT2D eigenvalue weighted by atomic mass is 10.0. The van der Waals surface area contributed by atoms with Gasteiger partial charge in [-0.2, -0.15) is 0 Å². The normalized spacial score (nSPS) is 11.0. The van der Waals surface area contributed by atoms with E-state index in [0.717, 1.165) is 27.6 Å². The van der Waals surface area contributed by atoms with Gasteiger partial charge in [0.15, 0.2) is 0 Å². The zero-order valence-corrected chi connectivity index (χ0v) is 17.0. The molecule has 0 saturated carbocycles. The third-order valence-corrected chi connectivity index (χ3v) is 5.87. The Labute approximate surface area is 166 Å². The number of hydrogen-bond donors (Lipinski definition) is 1. The Bertz CT molecular complexity index is 1070. The topological polar surface area (TPSA) is 59.3 Å². The Morgan fingerprint density at radius 1 is 1.15 bits per heavy atom. The second-order valence-corrected chi connectivity index (χ2v) is 7.87. The number of amides is 1. The maximum atomic E-state index is 12.2. The number of thioether (sulfide) groups is 1. The van der Waals surface area contributed by atoms with Crippen molar-refractivity contribution in [3.63, 3.8) is 0 Å². The van der Waals surface area contributed by atoms with Crippen molar-refractivity contribution in [1.82, 2.24) is 0 Å². The highest BCUT2D eigenvalue weighted by molar-refractivity contribution is 7.99. The second kappa shape index (κ2) is 8.19. The number of carbonyl (C=O) groups is 1. The summed E-state index contributed by atoms with van der Waals surface area (Å²) < 4.78 is 5.31. The van der Waals surface area contributed by atoms with E-state index in [1.165, 1.54) is 17.8 Å². The van der Waals surface area contributed by atoms with Crippen molar-refractivity contribution < 1.29 is 9.21 Å². The lowest BCUT2D eigenvalue weighted by Crippen LogP contribution is -2.15. The van der Waals surface area contributed by atoms with Crippen molar-refractivity contribution in [2.24, 2.45) is 0 Å². The molecule has 0 bridgehead atoms. The van der Waals surface area contributed by atoms with Crippen LogP contribution in [0.4, 0.5) is 5.69 Å². The van der Waals surface area contributed by atoms with Crippen LogP contribution >= 0.6 is 23.4 Å². The largest absolute Gasteiger partial charge is 0.423 e. The molecule has 0 unspecified atom stereocenters. The third-order valence-electron chi connectivity index (χ3n) is 4.48. The molecular weight excluding hydrogens is 382 g/mol. The highest BCUT2D eigenvalue weighted by Crippen LogP contribution is 2.26. The van der Waals surface area contributed by atoms with Crippen LogP contribution in [0.15, 0.2) is 45.6 Å². The maximum absolute atomic E-state index is 12.2. The molecule has 6 heteroatoms. The molecule has 3 rings (SSSR count). The molecule has 0 aliphatic carbocycles. The van der Waals surface area contributed by atoms with E-state index >= 15 is 0 Å². The first-order valence-corrected chi connectivity index (χ1v) is 10.0. The van der Waals surface area contributed by atoms with Gasteiger partial charge in [0.25, 0.3) is 0 Å². The molecule has 1 aromatic heterocycles. The number of halogens is 1. The lowest BCUT2D eigenvalue weighted by Gasteiger charge is -2.10. The van der Waals surface area contributed by atoms with E-state index < -0.39 is 0 Å². The number of anilines is 1. The van der Waals surface area contributed by atoms with Crippen molar-refractivity contribution in [3.8, 4) is 0 Å². The fourth-order valence-electron chi connectivity index (χ4n) is 2.79. The van der Waals surface area contributed by atoms with Crippen LogP contribution in [-0.4, -0.2) is 11.7 Å². The number of benzene rings is 2. The number of carbonyl (C=O) groups excluding carboxylic acids is 1. The van der Waals surface area contributed by atoms with E-state index in [0.29, 0.717) is 22.0 Å². The minimum Gasteiger partial charge on any atom is -0.423 e. The molecule has 140 valence electrons. The second-order valence-electron chi connectivity index (χ2n) is 6.48. The molecule has 3 aromatic rings. The van der Waals surface area contributed by atoms with Gasteiger partial charge in [-0.15, -0.1) is 11.8 Å². The summed E-state index contributed by atoms with van der Waals surface area (Å²) in [6, 6.07) is 10.8. The van der Waals surface area contributed by atoms with Crippen LogP contribution in [0.25, 0.3) is 11.0 Å². The highest BCUT2D eigenvalue weighted by Gasteiger charge is 2.10. The summed E-state index contributed by atoms with van der Waals surface area (Å²) in [5, 5.41) is 4.41. The standard InChI is InChI=1S/C21H20ClNO3S/c1-12-7-16-15(9-21(25)26-19(16)8-13(12)2)10-27-11-20(24)23-18-6-4-5-17(22)14(18)3/h4-9H,10-11H2,1-3H3,(H,23,24). The van der Waals surface area contributed by atoms with Gasteiger partial charge in [-0.3, -0.25) is 4.79 Å². The number of nitrogens with one attached hydrogen (secondary N) is 1. The Morgan fingerprint density at radius 2 is 1.89 bits per heavy atom. The Hall–Kier alpha value is -2.24. The first-order valence-electron chi connectivity index (χ1n) is 8.52. The number of rotatable bonds is 5. The van der Waals surface area contributed by atoms with Crippen LogP contribution in [0.2, 0.25) is 5.02 Å². The van der Waals surface area contributed by atoms with Crippen LogP contribution in [0.1, 0.15) is 22.3 Å². The summed E-state index contributed by atoms with van der Waals surface area (Å²) in [5.41, 5.74) is 4.85. The summed E-state index contributed by atoms with van der Waals surface area (Å²) >= 11 is 7.53. The molecule has 0 radical (unpaired) electrons. The molecule has 0 aliphatic heterocycles. The molecule has 0 saturated heterocycles. The van der Waals surface area contributed by atoms with Crippen LogP contribution in [0.3, 0.4) is 0 Å². The van der Waals surface area contributed by atoms with Crippen molar-refractivity contribution in [1.29, 1.82) is 0 Å². The Balaban J connectivity index is 1.70. The molecule has 1 heterocycles. The zero-order chi connectivity index (χ0) is 19.6. The third kappa shape index (κ3) is 4.54. The van der Waals surface area contributed by atoms with Crippen molar-refractivity contribution >= 4 is 45.9 Å². The molecule has 27 heavy (non-hydrogen) atoms. The molecule has 2 aromatic carbocycles. The van der Waals surface area contributed by atoms with Gasteiger partial charge in [-0.1, -0.05) is 17.7 Å². The summed E-state index contributed by atoms with van der Waals surface area (Å²) in [6.07, 6.45) is 0. The molecule has 4 nitrogen and oxygen atoms in total. The van der Waals surface area contributed by atoms with Crippen molar-refractivity contribution in [2.45, 2.75) is 26.5 Å². The molecular formula is C21H20ClNO3S. The monoisotopic (exact) mass is 401 g/mol. The summed E-state index contributed by atoms with van der Waals surface area (Å²) in [6.45, 7) is 5.88. The van der Waals surface area contributed by atoms with Gasteiger partial charge < -0.3 is 9.73 Å². The van der Waals surface area contributed by atoms with E-state index in [1.807, 2.05) is 39.0 Å². The van der Waals surface area contributed by atoms with E-state index in [2.05, 4.69) is 5.32 Å². The summed E-state index contributed by atoms with van der Waals surface area (Å²) in [4.78, 5) is 24.1. The predicted octanol–water partition coefficient (Wildman–Crippen LogP) is 5.24. The van der Waals surface area contributed by atoms with E-state index in [9.17, 15) is 9.59 Å². The van der Waals surface area contributed by atoms with E-state index in [4.69, 9.17) is 16.0 Å². The molecule has 1 amide bonds. The average molecular weight is 402 g/mol. The quantitative estimate of drug-likeness (QED) is 0.593. The molecule has 1 N–H and O–H groups in total. The highest BCUT2D eigenvalue weighted by atomic mass is 35.5. The number of fused-ring (bicyclic) bond motifs is 1. The lowest BCUT2D eigenvalue weighted by molar-refractivity contribution is -0.113. The zero-order valence-electron chi connectivity index (χ0n) is 15.4. The minimum atomic E-state index is -0.375. The smallest absolute Gasteiger partial charge is 0.336 e. The number of aryl methyl sites for hydroxylation is 2. The van der Waals surface area contributed by atoms with Gasteiger partial charge >= 0.3 is 5.63 Å². The van der Waals surface area contributed by atoms with Gasteiger partial charge in [0.05, 0.1) is 5.75 Å². The fourth-order valence-corrected chi connectivity index (χ4v) is 3.78. The Morgan fingerprint density at radius 3 is 2.67 bits per heavy atom. The fraction of sp³-hybridized carbons (Fsp3) is 0.238. The number of hydrogen-bond acceptors (Lipinski definition) is 4. The van der Waals surface area contributed by atoms with Crippen molar-refractivity contribution in [2.75, 3.05) is 11.1 Å². The van der Waals surface area contributed by atoms with Gasteiger partial charge in [0.1, 0.15) is 5.58 Å². The van der Waals surface area contributed by atoms with Crippen LogP contribution in [0, 0.1) is 20.8 Å². The predicted molar refractivity (Wildman–Crippen MR) is 113 cm³/mol. The van der Waals surface area contributed by atoms with Gasteiger partial charge in [0, 0.05) is 27.9 Å². The van der Waals surface area contributed by atoms with Crippen LogP contribution in [-0.2, 0) is 10.5 Å². The summed E-state index contributed by atoms with van der Waals surface area (Å²) in [7, 11) is 0. The van der Waals surface area contributed by atoms with Crippen LogP contribution in [0.5, 0.6) is 0 Å². The first-order chi connectivity index (χ1) is 12.8. The van der Waals surface area contributed by atoms with E-state index in [-0.39, 0.29) is 17.3 Å². The molecule has 0 fully saturated rings. The summed E-state index contributed by atoms with van der Waals surface area (Å²) in [5.74, 6) is 0.718. The van der Waals surface area contributed by atoms with Gasteiger partial charge in [0.2, 0.25) is 5.91 Å². The SMILES string of the molecule is Cc1cc2oc(=O)cc(CSCC(=O)Nc3cccc(Cl)c3C)c2cc1C. The van der Waals surface area contributed by atoms with Gasteiger partial charge in [-0.05, 0) is 67.3 Å². The molecule has 0 spiro atoms. The van der Waals surface area contributed by atoms with Crippen molar-refractivity contribution in [3.05, 3.63) is 74.1 Å². The Kier molecular flexibility index (Phi) is 5.92. The van der Waals surface area contributed by atoms with E-state index in [1.54, 1.807) is 12.1 Å². The first kappa shape index (κ1) is 19.5. The maximum Gasteiger partial charge on any atom is 0.336 e. The molecule has 0 atom stereocenters. The average Bonchev–Trinajstić information content (AvgIpc) is 2.60. The minimum absolute atomic E-state index is 0.107.